The highest BCUT2D eigenvalue weighted by atomic mass is 31.1. The van der Waals surface area contributed by atoms with Crippen molar-refractivity contribution in [2.75, 3.05) is 5.32 Å². The molecule has 3 rings (SSSR count). The van der Waals surface area contributed by atoms with Gasteiger partial charge >= 0.3 is 0 Å². The highest BCUT2D eigenvalue weighted by molar-refractivity contribution is 7.43. The van der Waals surface area contributed by atoms with Gasteiger partial charge in [-0.2, -0.15) is 10.2 Å². The summed E-state index contributed by atoms with van der Waals surface area (Å²) in [7, 11) is 0.611. The summed E-state index contributed by atoms with van der Waals surface area (Å²) in [6.45, 7) is 10.8. The standard InChI is InChI=1S/C28H33N4OP/c1-6-20(4)7-8-23(13-19(2)3)28-21(5)14-22(18-34-28)15-27(33)32-25-9-10-26(29-17-25)24-11-12-30-31-16-24/h7-14,16-18,28,34H,6,15H2,1-5H3,(H,32,33)/b20-7+,23-8+. The van der Waals surface area contributed by atoms with E-state index in [2.05, 4.69) is 85.2 Å². The van der Waals surface area contributed by atoms with Crippen molar-refractivity contribution in [2.45, 2.75) is 53.1 Å². The number of allylic oxidation sites excluding steroid dienone is 8. The van der Waals surface area contributed by atoms with E-state index in [4.69, 9.17) is 0 Å². The Balaban J connectivity index is 1.64. The minimum Gasteiger partial charge on any atom is -0.324 e. The monoisotopic (exact) mass is 472 g/mol. The maximum absolute atomic E-state index is 12.7. The molecule has 5 nitrogen and oxygen atoms in total. The number of pyridine rings is 1. The van der Waals surface area contributed by atoms with Gasteiger partial charge < -0.3 is 5.32 Å². The maximum atomic E-state index is 12.7. The molecular formula is C28H33N4OP. The summed E-state index contributed by atoms with van der Waals surface area (Å²) in [6.07, 6.45) is 15.3. The Morgan fingerprint density at radius 3 is 2.56 bits per heavy atom. The molecule has 176 valence electrons. The SMILES string of the molecule is CC/C(C)=C/C=C(\C=C(C)C)C1PC=C(CC(=O)Nc2ccc(-c3ccnnc3)nc2)C=C1C. The predicted molar refractivity (Wildman–Crippen MR) is 144 cm³/mol. The van der Waals surface area contributed by atoms with Crippen molar-refractivity contribution in [1.82, 2.24) is 15.2 Å². The molecule has 1 amide bonds. The van der Waals surface area contributed by atoms with E-state index in [1.54, 1.807) is 18.6 Å². The van der Waals surface area contributed by atoms with Crippen LogP contribution < -0.4 is 5.32 Å². The number of rotatable bonds is 8. The fourth-order valence-corrected chi connectivity index (χ4v) is 4.87. The molecule has 1 aliphatic heterocycles. The number of aromatic nitrogens is 3. The molecule has 0 bridgehead atoms. The van der Waals surface area contributed by atoms with Crippen LogP contribution in [0.2, 0.25) is 0 Å². The Bertz CT molecular complexity index is 1150. The van der Waals surface area contributed by atoms with E-state index in [1.807, 2.05) is 18.2 Å². The molecule has 34 heavy (non-hydrogen) atoms. The summed E-state index contributed by atoms with van der Waals surface area (Å²) in [5.74, 6) is 2.18. The van der Waals surface area contributed by atoms with Crippen LogP contribution >= 0.6 is 8.58 Å². The fourth-order valence-electron chi connectivity index (χ4n) is 3.59. The molecule has 0 radical (unpaired) electrons. The molecule has 1 N–H and O–H groups in total. The first-order chi connectivity index (χ1) is 16.4. The quantitative estimate of drug-likeness (QED) is 0.332. The van der Waals surface area contributed by atoms with E-state index in [0.717, 1.165) is 23.3 Å². The van der Waals surface area contributed by atoms with Gasteiger partial charge in [0, 0.05) is 11.2 Å². The molecule has 2 aromatic heterocycles. The van der Waals surface area contributed by atoms with E-state index >= 15 is 0 Å². The lowest BCUT2D eigenvalue weighted by Gasteiger charge is -2.23. The van der Waals surface area contributed by atoms with Crippen molar-refractivity contribution in [3.63, 3.8) is 0 Å². The predicted octanol–water partition coefficient (Wildman–Crippen LogP) is 7.01. The average molecular weight is 473 g/mol. The van der Waals surface area contributed by atoms with Gasteiger partial charge in [0.25, 0.3) is 0 Å². The molecule has 1 aliphatic rings. The third kappa shape index (κ3) is 7.43. The zero-order valence-electron chi connectivity index (χ0n) is 20.6. The molecule has 0 fully saturated rings. The van der Waals surface area contributed by atoms with Gasteiger partial charge in [-0.05, 0) is 63.5 Å². The molecule has 0 spiro atoms. The van der Waals surface area contributed by atoms with Crippen LogP contribution in [0.25, 0.3) is 11.3 Å². The number of nitrogens with one attached hydrogen (secondary N) is 1. The van der Waals surface area contributed by atoms with Crippen LogP contribution in [0.3, 0.4) is 0 Å². The van der Waals surface area contributed by atoms with Crippen LogP contribution in [0.4, 0.5) is 5.69 Å². The molecule has 2 unspecified atom stereocenters. The van der Waals surface area contributed by atoms with Crippen LogP contribution in [0.5, 0.6) is 0 Å². The summed E-state index contributed by atoms with van der Waals surface area (Å²) < 4.78 is 0. The Kier molecular flexibility index (Phi) is 9.24. The molecule has 6 heteroatoms. The Morgan fingerprint density at radius 2 is 1.94 bits per heavy atom. The minimum atomic E-state index is -0.0414. The second-order valence-electron chi connectivity index (χ2n) is 8.75. The maximum Gasteiger partial charge on any atom is 0.228 e. The lowest BCUT2D eigenvalue weighted by atomic mass is 9.99. The van der Waals surface area contributed by atoms with Gasteiger partial charge in [0.2, 0.25) is 5.91 Å². The normalized spacial score (nSPS) is 17.1. The van der Waals surface area contributed by atoms with Crippen LogP contribution in [-0.2, 0) is 4.79 Å². The molecule has 0 aliphatic carbocycles. The van der Waals surface area contributed by atoms with E-state index < -0.39 is 0 Å². The Labute approximate surface area is 204 Å². The number of carbonyl (C=O) groups is 1. The first kappa shape index (κ1) is 25.5. The largest absolute Gasteiger partial charge is 0.324 e. The van der Waals surface area contributed by atoms with Gasteiger partial charge in [0.1, 0.15) is 0 Å². The van der Waals surface area contributed by atoms with Gasteiger partial charge in [0.15, 0.2) is 0 Å². The smallest absolute Gasteiger partial charge is 0.228 e. The Morgan fingerprint density at radius 1 is 1.12 bits per heavy atom. The zero-order valence-corrected chi connectivity index (χ0v) is 21.6. The average Bonchev–Trinajstić information content (AvgIpc) is 2.82. The third-order valence-corrected chi connectivity index (χ3v) is 7.16. The lowest BCUT2D eigenvalue weighted by molar-refractivity contribution is -0.115. The van der Waals surface area contributed by atoms with E-state index in [1.165, 1.54) is 22.3 Å². The highest BCUT2D eigenvalue weighted by Crippen LogP contribution is 2.40. The lowest BCUT2D eigenvalue weighted by Crippen LogP contribution is -2.14. The van der Waals surface area contributed by atoms with Gasteiger partial charge in [-0.25, -0.2) is 0 Å². The van der Waals surface area contributed by atoms with Crippen molar-refractivity contribution in [3.8, 4) is 11.3 Å². The molecular weight excluding hydrogens is 439 g/mol. The third-order valence-electron chi connectivity index (χ3n) is 5.50. The van der Waals surface area contributed by atoms with Crippen molar-refractivity contribution in [3.05, 3.63) is 94.8 Å². The molecule has 0 aromatic carbocycles. The number of nitrogens with zero attached hydrogens (tertiary/aromatic N) is 3. The number of anilines is 1. The summed E-state index contributed by atoms with van der Waals surface area (Å²) in [6, 6.07) is 5.58. The zero-order chi connectivity index (χ0) is 24.5. The highest BCUT2D eigenvalue weighted by Gasteiger charge is 2.19. The van der Waals surface area contributed by atoms with Gasteiger partial charge in [0.05, 0.1) is 36.4 Å². The van der Waals surface area contributed by atoms with Crippen LogP contribution in [0.1, 0.15) is 47.5 Å². The van der Waals surface area contributed by atoms with Gasteiger partial charge in [-0.1, -0.05) is 62.3 Å². The van der Waals surface area contributed by atoms with Gasteiger partial charge in [-0.15, -0.1) is 0 Å². The first-order valence-corrected chi connectivity index (χ1v) is 12.7. The molecule has 0 saturated carbocycles. The second kappa shape index (κ2) is 12.3. The summed E-state index contributed by atoms with van der Waals surface area (Å²) in [4.78, 5) is 17.1. The summed E-state index contributed by atoms with van der Waals surface area (Å²) in [5.41, 5.74) is 9.07. The number of hydrogen-bond acceptors (Lipinski definition) is 4. The van der Waals surface area contributed by atoms with Gasteiger partial charge in [-0.3, -0.25) is 9.78 Å². The number of amides is 1. The number of carbonyl (C=O) groups excluding carboxylic acids is 1. The summed E-state index contributed by atoms with van der Waals surface area (Å²) >= 11 is 0. The van der Waals surface area contributed by atoms with E-state index in [-0.39, 0.29) is 5.91 Å². The summed E-state index contributed by atoms with van der Waals surface area (Å²) in [5, 5.41) is 10.6. The Hall–Kier alpha value is -3.17. The fraction of sp³-hybridized carbons (Fsp3) is 0.286. The second-order valence-corrected chi connectivity index (χ2v) is 9.95. The van der Waals surface area contributed by atoms with Crippen molar-refractivity contribution in [1.29, 1.82) is 0 Å². The van der Waals surface area contributed by atoms with E-state index in [9.17, 15) is 4.79 Å². The van der Waals surface area contributed by atoms with Crippen molar-refractivity contribution in [2.24, 2.45) is 0 Å². The van der Waals surface area contributed by atoms with Crippen molar-refractivity contribution < 1.29 is 4.79 Å². The van der Waals surface area contributed by atoms with Crippen molar-refractivity contribution >= 4 is 20.2 Å². The number of hydrogen-bond donors (Lipinski definition) is 1. The first-order valence-electron chi connectivity index (χ1n) is 11.5. The van der Waals surface area contributed by atoms with Crippen LogP contribution in [0, 0.1) is 0 Å². The molecule has 3 heterocycles. The molecule has 2 atom stereocenters. The molecule has 2 aromatic rings. The topological polar surface area (TPSA) is 67.8 Å². The van der Waals surface area contributed by atoms with E-state index in [0.29, 0.717) is 26.3 Å². The molecule has 0 saturated heterocycles. The van der Waals surface area contributed by atoms with Crippen LogP contribution in [0.15, 0.2) is 94.8 Å². The van der Waals surface area contributed by atoms with Crippen LogP contribution in [-0.4, -0.2) is 26.7 Å². The minimum absolute atomic E-state index is 0.0414.